The van der Waals surface area contributed by atoms with E-state index in [0.29, 0.717) is 0 Å². The number of fused-ring (bicyclic) bond motifs is 1. The van der Waals surface area contributed by atoms with Crippen molar-refractivity contribution in [3.05, 3.63) is 23.5 Å². The minimum Gasteiger partial charge on any atom is -0.462 e. The summed E-state index contributed by atoms with van der Waals surface area (Å²) in [6.45, 7) is 3.77. The normalized spacial score (nSPS) is 10.5. The van der Waals surface area contributed by atoms with Crippen LogP contribution in [0.25, 0.3) is 5.65 Å². The first kappa shape index (κ1) is 13.8. The number of anilines is 1. The zero-order chi connectivity index (χ0) is 14.7. The highest BCUT2D eigenvalue weighted by molar-refractivity contribution is 6.02. The van der Waals surface area contributed by atoms with Crippen molar-refractivity contribution < 1.29 is 19.1 Å². The number of aromatic nitrogens is 3. The van der Waals surface area contributed by atoms with E-state index in [9.17, 15) is 9.59 Å². The molecule has 8 nitrogen and oxygen atoms in total. The van der Waals surface area contributed by atoms with Crippen LogP contribution < -0.4 is 5.73 Å². The maximum absolute atomic E-state index is 11.9. The Kier molecular flexibility index (Phi) is 3.83. The number of rotatable bonds is 4. The first-order valence-electron chi connectivity index (χ1n) is 6.06. The average Bonchev–Trinajstić information content (AvgIpc) is 2.89. The van der Waals surface area contributed by atoms with E-state index in [-0.39, 0.29) is 35.8 Å². The van der Waals surface area contributed by atoms with Gasteiger partial charge >= 0.3 is 11.9 Å². The molecule has 2 rings (SSSR count). The molecule has 0 spiro atoms. The predicted octanol–water partition coefficient (Wildman–Crippen LogP) is 0.665. The standard InChI is InChI=1S/C12H14N4O4/c1-3-19-11(17)7-5-8(12(18)20-4-2)10-15-14-6-16(10)9(7)13/h5-6H,3-4,13H2,1-2H3. The van der Waals surface area contributed by atoms with Crippen LogP contribution in [0.5, 0.6) is 0 Å². The van der Waals surface area contributed by atoms with Crippen molar-refractivity contribution in [1.82, 2.24) is 14.6 Å². The molecule has 2 N–H and O–H groups in total. The number of nitrogen functional groups attached to an aromatic ring is 1. The largest absolute Gasteiger partial charge is 0.462 e. The fraction of sp³-hybridized carbons (Fsp3) is 0.333. The van der Waals surface area contributed by atoms with Crippen LogP contribution in [0.3, 0.4) is 0 Å². The predicted molar refractivity (Wildman–Crippen MR) is 69.3 cm³/mol. The molecule has 2 aromatic heterocycles. The lowest BCUT2D eigenvalue weighted by Gasteiger charge is -2.10. The number of ether oxygens (including phenoxy) is 2. The highest BCUT2D eigenvalue weighted by atomic mass is 16.5. The second-order valence-corrected chi connectivity index (χ2v) is 3.82. The summed E-state index contributed by atoms with van der Waals surface area (Å²) < 4.78 is 11.2. The summed E-state index contributed by atoms with van der Waals surface area (Å²) in [4.78, 5) is 23.8. The van der Waals surface area contributed by atoms with Crippen molar-refractivity contribution >= 4 is 23.4 Å². The average molecular weight is 278 g/mol. The number of carbonyl (C=O) groups is 2. The lowest BCUT2D eigenvalue weighted by molar-refractivity contribution is 0.0526. The molecule has 0 amide bonds. The summed E-state index contributed by atoms with van der Waals surface area (Å²) in [5, 5.41) is 7.49. The summed E-state index contributed by atoms with van der Waals surface area (Å²) in [5.74, 6) is -1.11. The molecule has 20 heavy (non-hydrogen) atoms. The van der Waals surface area contributed by atoms with Gasteiger partial charge in [0, 0.05) is 0 Å². The van der Waals surface area contributed by atoms with Gasteiger partial charge in [0.2, 0.25) is 0 Å². The Hall–Kier alpha value is -2.64. The fourth-order valence-electron chi connectivity index (χ4n) is 1.74. The van der Waals surface area contributed by atoms with Crippen LogP contribution in [0.15, 0.2) is 12.4 Å². The van der Waals surface area contributed by atoms with E-state index in [1.165, 1.54) is 16.8 Å². The molecule has 0 aliphatic carbocycles. The van der Waals surface area contributed by atoms with Gasteiger partial charge in [-0.2, -0.15) is 0 Å². The van der Waals surface area contributed by atoms with Gasteiger partial charge in [-0.15, -0.1) is 10.2 Å². The molecule has 2 heterocycles. The molecule has 0 radical (unpaired) electrons. The monoisotopic (exact) mass is 278 g/mol. The molecule has 0 aliphatic heterocycles. The summed E-state index contributed by atoms with van der Waals surface area (Å²) in [7, 11) is 0. The molecule has 2 aromatic rings. The van der Waals surface area contributed by atoms with Crippen molar-refractivity contribution in [2.75, 3.05) is 18.9 Å². The van der Waals surface area contributed by atoms with Crippen molar-refractivity contribution in [3.63, 3.8) is 0 Å². The molecule has 0 atom stereocenters. The van der Waals surface area contributed by atoms with E-state index in [2.05, 4.69) is 10.2 Å². The van der Waals surface area contributed by atoms with Gasteiger partial charge < -0.3 is 15.2 Å². The highest BCUT2D eigenvalue weighted by Gasteiger charge is 2.22. The maximum atomic E-state index is 11.9. The van der Waals surface area contributed by atoms with E-state index < -0.39 is 11.9 Å². The van der Waals surface area contributed by atoms with Crippen molar-refractivity contribution in [2.45, 2.75) is 13.8 Å². The van der Waals surface area contributed by atoms with Gasteiger partial charge in [0.25, 0.3) is 0 Å². The first-order chi connectivity index (χ1) is 9.60. The van der Waals surface area contributed by atoms with E-state index in [1.54, 1.807) is 13.8 Å². The number of hydrogen-bond acceptors (Lipinski definition) is 7. The summed E-state index contributed by atoms with van der Waals surface area (Å²) in [6.07, 6.45) is 1.32. The number of carbonyl (C=O) groups excluding carboxylic acids is 2. The molecule has 0 aliphatic rings. The van der Waals surface area contributed by atoms with Crippen LogP contribution in [0.2, 0.25) is 0 Å². The lowest BCUT2D eigenvalue weighted by atomic mass is 10.1. The third-order valence-corrected chi connectivity index (χ3v) is 2.60. The second kappa shape index (κ2) is 5.55. The van der Waals surface area contributed by atoms with Gasteiger partial charge in [-0.25, -0.2) is 9.59 Å². The van der Waals surface area contributed by atoms with E-state index >= 15 is 0 Å². The Labute approximate surface area is 114 Å². The van der Waals surface area contributed by atoms with Crippen molar-refractivity contribution in [1.29, 1.82) is 0 Å². The number of nitrogens with zero attached hydrogens (tertiary/aromatic N) is 3. The van der Waals surface area contributed by atoms with Crippen molar-refractivity contribution in [2.24, 2.45) is 0 Å². The highest BCUT2D eigenvalue weighted by Crippen LogP contribution is 2.20. The first-order valence-corrected chi connectivity index (χ1v) is 6.06. The number of nitrogens with two attached hydrogens (primary N) is 1. The molecule has 0 bridgehead atoms. The Morgan fingerprint density at radius 2 is 1.80 bits per heavy atom. The van der Waals surface area contributed by atoms with Crippen LogP contribution in [0.1, 0.15) is 34.6 Å². The van der Waals surface area contributed by atoms with Crippen LogP contribution in [-0.2, 0) is 9.47 Å². The number of pyridine rings is 1. The van der Waals surface area contributed by atoms with Gasteiger partial charge in [-0.3, -0.25) is 4.40 Å². The SMILES string of the molecule is CCOC(=O)c1cc(C(=O)OCC)c2nncn2c1N. The molecule has 0 fully saturated rings. The molecule has 0 aromatic carbocycles. The smallest absolute Gasteiger partial charge is 0.342 e. The summed E-state index contributed by atoms with van der Waals surface area (Å²) in [6, 6.07) is 1.31. The molecule has 8 heteroatoms. The molecule has 0 unspecified atom stereocenters. The van der Waals surface area contributed by atoms with Gasteiger partial charge in [-0.1, -0.05) is 0 Å². The van der Waals surface area contributed by atoms with Crippen LogP contribution in [-0.4, -0.2) is 39.8 Å². The molecule has 0 saturated heterocycles. The Bertz CT molecular complexity index is 665. The van der Waals surface area contributed by atoms with Gasteiger partial charge in [-0.05, 0) is 19.9 Å². The topological polar surface area (TPSA) is 109 Å². The third kappa shape index (κ3) is 2.27. The fourth-order valence-corrected chi connectivity index (χ4v) is 1.74. The molecule has 106 valence electrons. The van der Waals surface area contributed by atoms with E-state index in [0.717, 1.165) is 0 Å². The number of esters is 2. The minimum atomic E-state index is -0.619. The molecular weight excluding hydrogens is 264 g/mol. The zero-order valence-corrected chi connectivity index (χ0v) is 11.1. The Balaban J connectivity index is 2.62. The van der Waals surface area contributed by atoms with Crippen LogP contribution in [0, 0.1) is 0 Å². The van der Waals surface area contributed by atoms with Crippen LogP contribution >= 0.6 is 0 Å². The zero-order valence-electron chi connectivity index (χ0n) is 11.1. The lowest BCUT2D eigenvalue weighted by Crippen LogP contribution is -2.15. The minimum absolute atomic E-state index is 0.0715. The number of hydrogen-bond donors (Lipinski definition) is 1. The van der Waals surface area contributed by atoms with Crippen LogP contribution in [0.4, 0.5) is 5.82 Å². The molecule has 0 saturated carbocycles. The Morgan fingerprint density at radius 1 is 1.20 bits per heavy atom. The van der Waals surface area contributed by atoms with E-state index in [1.807, 2.05) is 0 Å². The quantitative estimate of drug-likeness (QED) is 0.818. The van der Waals surface area contributed by atoms with E-state index in [4.69, 9.17) is 15.2 Å². The molecular formula is C12H14N4O4. The maximum Gasteiger partial charge on any atom is 0.342 e. The Morgan fingerprint density at radius 3 is 2.40 bits per heavy atom. The second-order valence-electron chi connectivity index (χ2n) is 3.82. The third-order valence-electron chi connectivity index (χ3n) is 2.60. The van der Waals surface area contributed by atoms with Gasteiger partial charge in [0.05, 0.1) is 13.2 Å². The van der Waals surface area contributed by atoms with Crippen molar-refractivity contribution in [3.8, 4) is 0 Å². The van der Waals surface area contributed by atoms with Gasteiger partial charge in [0.1, 0.15) is 23.3 Å². The van der Waals surface area contributed by atoms with Gasteiger partial charge in [0.15, 0.2) is 5.65 Å². The summed E-state index contributed by atoms with van der Waals surface area (Å²) >= 11 is 0. The summed E-state index contributed by atoms with van der Waals surface area (Å²) in [5.41, 5.74) is 6.28.